The summed E-state index contributed by atoms with van der Waals surface area (Å²) in [5.74, 6) is 0. The van der Waals surface area contributed by atoms with E-state index in [4.69, 9.17) is 0 Å². The molecule has 0 aliphatic rings. The van der Waals surface area contributed by atoms with Gasteiger partial charge in [-0.3, -0.25) is 0 Å². The van der Waals surface area contributed by atoms with E-state index >= 15 is 0 Å². The van der Waals surface area contributed by atoms with Crippen LogP contribution in [0.4, 0.5) is 0 Å². The number of aromatic nitrogens is 2. The summed E-state index contributed by atoms with van der Waals surface area (Å²) in [6.45, 7) is 0. The summed E-state index contributed by atoms with van der Waals surface area (Å²) in [5.41, 5.74) is 12.5. The first-order valence-electron chi connectivity index (χ1n) is 25.2. The smallest absolute Gasteiger partial charge is 0.104 e. The number of nitrogens with zero attached hydrogens (tertiary/aromatic N) is 12. The van der Waals surface area contributed by atoms with Crippen LogP contribution in [-0.4, -0.2) is 9.13 Å². The van der Waals surface area contributed by atoms with Crippen molar-refractivity contribution in [1.82, 2.24) is 9.13 Å². The van der Waals surface area contributed by atoms with Gasteiger partial charge in [0.05, 0.1) is 138 Å². The Bertz CT molecular complexity index is 4750. The summed E-state index contributed by atoms with van der Waals surface area (Å²) in [7, 11) is 0. The molecule has 370 valence electrons. The first kappa shape index (κ1) is 49.6. The summed E-state index contributed by atoms with van der Waals surface area (Å²) in [6.07, 6.45) is 0. The number of nitriles is 10. The van der Waals surface area contributed by atoms with Gasteiger partial charge in [-0.2, -0.15) is 52.6 Å². The molecular formula is C70H30N12. The number of rotatable bonds is 7. The predicted octanol–water partition coefficient (Wildman–Crippen LogP) is 14.9. The summed E-state index contributed by atoms with van der Waals surface area (Å²) in [5, 5.41) is 106. The van der Waals surface area contributed by atoms with Crippen molar-refractivity contribution in [3.8, 4) is 128 Å². The summed E-state index contributed by atoms with van der Waals surface area (Å²) in [4.78, 5) is 0. The molecule has 12 heteroatoms. The molecule has 0 fully saturated rings. The Hall–Kier alpha value is -13.3. The summed E-state index contributed by atoms with van der Waals surface area (Å²) >= 11 is 0. The van der Waals surface area contributed by atoms with Gasteiger partial charge in [-0.05, 0) is 153 Å². The molecule has 12 aromatic rings. The molecule has 0 radical (unpaired) electrons. The molecule has 0 aliphatic heterocycles. The number of fused-ring (bicyclic) bond motifs is 6. The highest BCUT2D eigenvalue weighted by Gasteiger charge is 2.25. The van der Waals surface area contributed by atoms with Crippen molar-refractivity contribution >= 4 is 43.6 Å². The monoisotopic (exact) mass is 1040 g/mol. The van der Waals surface area contributed by atoms with Crippen LogP contribution in [0.25, 0.3) is 111 Å². The van der Waals surface area contributed by atoms with E-state index in [0.29, 0.717) is 117 Å². The fraction of sp³-hybridized carbons (Fsp3) is 0. The largest absolute Gasteiger partial charge is 0.308 e. The van der Waals surface area contributed by atoms with Crippen molar-refractivity contribution in [2.24, 2.45) is 0 Å². The average Bonchev–Trinajstić information content (AvgIpc) is 3.95. The Labute approximate surface area is 468 Å². The maximum atomic E-state index is 12.1. The molecule has 0 atom stereocenters. The van der Waals surface area contributed by atoms with E-state index in [1.165, 1.54) is 24.3 Å². The molecule has 2 heterocycles. The maximum Gasteiger partial charge on any atom is 0.104 e. The second-order valence-corrected chi connectivity index (χ2v) is 19.2. The van der Waals surface area contributed by atoms with E-state index in [9.17, 15) is 52.6 Å². The molecule has 0 saturated heterocycles. The molecule has 0 bridgehead atoms. The van der Waals surface area contributed by atoms with Crippen LogP contribution < -0.4 is 0 Å². The third-order valence-electron chi connectivity index (χ3n) is 14.9. The molecular weight excluding hydrogens is 1010 g/mol. The lowest BCUT2D eigenvalue weighted by Crippen LogP contribution is -2.05. The normalized spacial score (nSPS) is 10.6. The Kier molecular flexibility index (Phi) is 12.1. The minimum Gasteiger partial charge on any atom is -0.308 e. The van der Waals surface area contributed by atoms with Gasteiger partial charge in [-0.15, -0.1) is 0 Å². The molecule has 12 nitrogen and oxygen atoms in total. The fourth-order valence-electron chi connectivity index (χ4n) is 11.1. The molecule has 12 rings (SSSR count). The number of hydrogen-bond acceptors (Lipinski definition) is 10. The van der Waals surface area contributed by atoms with E-state index in [1.807, 2.05) is 100 Å². The van der Waals surface area contributed by atoms with E-state index in [0.717, 1.165) is 21.5 Å². The van der Waals surface area contributed by atoms with Crippen molar-refractivity contribution in [1.29, 1.82) is 52.6 Å². The zero-order valence-corrected chi connectivity index (χ0v) is 42.7. The SMILES string of the molecule is N#Cc1cccc(-c2cc(-n3c4cc(-c5ccc(C#N)cc5C#N)ccc4c4ccc(-c5ccc(C#N)cc5C#N)cc43)c(C#N)c(-n3c4cc(-c5ccc(C#N)cc5C#N)ccc4c4ccc(-c5ccc(C#N)cc5C#N)cc43)c2)c1. The van der Waals surface area contributed by atoms with Crippen molar-refractivity contribution in [2.45, 2.75) is 0 Å². The van der Waals surface area contributed by atoms with Crippen LogP contribution in [0.5, 0.6) is 0 Å². The van der Waals surface area contributed by atoms with Gasteiger partial charge < -0.3 is 9.13 Å². The van der Waals surface area contributed by atoms with Gasteiger partial charge in [0.1, 0.15) is 11.6 Å². The first-order valence-corrected chi connectivity index (χ1v) is 25.2. The van der Waals surface area contributed by atoms with Gasteiger partial charge in [0.15, 0.2) is 0 Å². The number of benzene rings is 10. The fourth-order valence-corrected chi connectivity index (χ4v) is 11.1. The molecule has 0 unspecified atom stereocenters. The van der Waals surface area contributed by atoms with E-state index in [-0.39, 0.29) is 27.8 Å². The van der Waals surface area contributed by atoms with Gasteiger partial charge in [0, 0.05) is 21.5 Å². The van der Waals surface area contributed by atoms with Gasteiger partial charge in [0.25, 0.3) is 0 Å². The summed E-state index contributed by atoms with van der Waals surface area (Å²) < 4.78 is 3.97. The lowest BCUT2D eigenvalue weighted by atomic mass is 9.96. The highest BCUT2D eigenvalue weighted by molar-refractivity contribution is 6.13. The minimum atomic E-state index is 0.198. The van der Waals surface area contributed by atoms with E-state index in [2.05, 4.69) is 60.7 Å². The molecule has 0 spiro atoms. The molecule has 0 N–H and O–H groups in total. The van der Waals surface area contributed by atoms with Crippen molar-refractivity contribution in [3.63, 3.8) is 0 Å². The Morgan fingerprint density at radius 3 is 0.817 bits per heavy atom. The Balaban J connectivity index is 1.25. The summed E-state index contributed by atoms with van der Waals surface area (Å²) in [6, 6.07) is 76.2. The Morgan fingerprint density at radius 1 is 0.232 bits per heavy atom. The van der Waals surface area contributed by atoms with Crippen LogP contribution in [0, 0.1) is 113 Å². The zero-order chi connectivity index (χ0) is 56.8. The first-order chi connectivity index (χ1) is 40.2. The van der Waals surface area contributed by atoms with Crippen LogP contribution in [-0.2, 0) is 0 Å². The molecule has 0 amide bonds. The van der Waals surface area contributed by atoms with Crippen molar-refractivity contribution in [2.75, 3.05) is 0 Å². The van der Waals surface area contributed by atoms with Crippen LogP contribution in [0.1, 0.15) is 55.6 Å². The number of hydrogen-bond donors (Lipinski definition) is 0. The second kappa shape index (κ2) is 20.0. The molecule has 0 aliphatic carbocycles. The highest BCUT2D eigenvalue weighted by atomic mass is 15.0. The minimum absolute atomic E-state index is 0.198. The predicted molar refractivity (Wildman–Crippen MR) is 309 cm³/mol. The average molecular weight is 1040 g/mol. The maximum absolute atomic E-state index is 12.1. The lowest BCUT2D eigenvalue weighted by Gasteiger charge is -2.19. The Morgan fingerprint density at radius 2 is 0.537 bits per heavy atom. The third kappa shape index (κ3) is 8.09. The van der Waals surface area contributed by atoms with Gasteiger partial charge in [-0.25, -0.2) is 0 Å². The third-order valence-corrected chi connectivity index (χ3v) is 14.9. The zero-order valence-electron chi connectivity index (χ0n) is 42.7. The molecule has 82 heavy (non-hydrogen) atoms. The van der Waals surface area contributed by atoms with Crippen LogP contribution >= 0.6 is 0 Å². The molecule has 0 saturated carbocycles. The van der Waals surface area contributed by atoms with E-state index in [1.54, 1.807) is 66.7 Å². The lowest BCUT2D eigenvalue weighted by molar-refractivity contribution is 1.12. The second-order valence-electron chi connectivity index (χ2n) is 19.2. The van der Waals surface area contributed by atoms with Crippen LogP contribution in [0.2, 0.25) is 0 Å². The standard InChI is InChI=1S/C70H30N12/c71-31-41-2-1-3-46(20-41)51-29-69(81-65-25-47(56-12-4-42(32-72)21-52(56)36-76)8-16-60(65)61-17-9-48(26-66(61)81)57-13-5-43(33-73)22-53(57)37-77)64(40-80)70(30-51)82-67-27-49(58-14-6-44(34-74)23-54(58)38-78)10-18-62(67)63-19-11-50(28-68(63)82)59-15-7-45(35-75)24-55(59)39-79/h1-30H. The van der Waals surface area contributed by atoms with Gasteiger partial charge >= 0.3 is 0 Å². The quantitative estimate of drug-likeness (QED) is 0.146. The topological polar surface area (TPSA) is 248 Å². The van der Waals surface area contributed by atoms with Crippen molar-refractivity contribution in [3.05, 3.63) is 238 Å². The highest BCUT2D eigenvalue weighted by Crippen LogP contribution is 2.44. The van der Waals surface area contributed by atoms with Gasteiger partial charge in [0.2, 0.25) is 0 Å². The molecule has 2 aromatic heterocycles. The van der Waals surface area contributed by atoms with Crippen LogP contribution in [0.15, 0.2) is 182 Å². The van der Waals surface area contributed by atoms with Crippen LogP contribution in [0.3, 0.4) is 0 Å². The van der Waals surface area contributed by atoms with Gasteiger partial charge in [-0.1, -0.05) is 84.9 Å². The van der Waals surface area contributed by atoms with E-state index < -0.39 is 0 Å². The van der Waals surface area contributed by atoms with Crippen molar-refractivity contribution < 1.29 is 0 Å². The molecule has 10 aromatic carbocycles.